The van der Waals surface area contributed by atoms with Crippen molar-refractivity contribution in [2.24, 2.45) is 4.99 Å². The predicted octanol–water partition coefficient (Wildman–Crippen LogP) is 3.36. The van der Waals surface area contributed by atoms with Gasteiger partial charge in [0.15, 0.2) is 5.96 Å². The summed E-state index contributed by atoms with van der Waals surface area (Å²) in [5.41, 5.74) is 1.08. The molecule has 7 heteroatoms. The molecule has 0 bridgehead atoms. The fourth-order valence-electron chi connectivity index (χ4n) is 3.53. The third-order valence-corrected chi connectivity index (χ3v) is 5.10. The lowest BCUT2D eigenvalue weighted by molar-refractivity contribution is 0.146. The summed E-state index contributed by atoms with van der Waals surface area (Å²) >= 11 is 0. The summed E-state index contributed by atoms with van der Waals surface area (Å²) in [6, 6.07) is 8.16. The van der Waals surface area contributed by atoms with E-state index in [2.05, 4.69) is 38.5 Å². The van der Waals surface area contributed by atoms with Crippen molar-refractivity contribution in [2.45, 2.75) is 45.2 Å². The van der Waals surface area contributed by atoms with E-state index < -0.39 is 0 Å². The van der Waals surface area contributed by atoms with Crippen LogP contribution in [0.3, 0.4) is 0 Å². The first-order valence-corrected chi connectivity index (χ1v) is 10.6. The Morgan fingerprint density at radius 3 is 2.76 bits per heavy atom. The van der Waals surface area contributed by atoms with Crippen LogP contribution in [-0.2, 0) is 6.54 Å². The molecule has 1 aliphatic heterocycles. The number of nitrogens with one attached hydrogen (secondary N) is 2. The van der Waals surface area contributed by atoms with E-state index in [1.807, 2.05) is 24.4 Å². The van der Waals surface area contributed by atoms with Gasteiger partial charge in [-0.1, -0.05) is 19.4 Å². The van der Waals surface area contributed by atoms with Crippen molar-refractivity contribution in [1.82, 2.24) is 20.5 Å². The molecule has 2 aromatic rings. The molecule has 1 unspecified atom stereocenters. The SMILES string of the molecule is CCCOc1ccc(CNC(=NC)NCC(c2ccco2)N2CCCCC2)cn1. The standard InChI is InChI=1S/C22H33N5O2/c1-3-13-29-21-10-9-18(15-24-21)16-25-22(23-2)26-17-19(20-8-7-14-28-20)27-11-5-4-6-12-27/h7-10,14-15,19H,3-6,11-13,16-17H2,1-2H3,(H2,23,25,26). The zero-order valence-electron chi connectivity index (χ0n) is 17.6. The van der Waals surface area contributed by atoms with E-state index in [9.17, 15) is 0 Å². The molecule has 2 N–H and O–H groups in total. The smallest absolute Gasteiger partial charge is 0.213 e. The van der Waals surface area contributed by atoms with Gasteiger partial charge < -0.3 is 19.8 Å². The molecule has 1 aliphatic rings. The zero-order chi connectivity index (χ0) is 20.3. The Hall–Kier alpha value is -2.54. The van der Waals surface area contributed by atoms with Crippen LogP contribution in [0, 0.1) is 0 Å². The number of pyridine rings is 1. The Morgan fingerprint density at radius 1 is 1.24 bits per heavy atom. The van der Waals surface area contributed by atoms with Crippen LogP contribution in [0.4, 0.5) is 0 Å². The van der Waals surface area contributed by atoms with Gasteiger partial charge >= 0.3 is 0 Å². The second kappa shape index (κ2) is 11.5. The lowest BCUT2D eigenvalue weighted by Crippen LogP contribution is -2.44. The van der Waals surface area contributed by atoms with Crippen LogP contribution in [0.25, 0.3) is 0 Å². The fourth-order valence-corrected chi connectivity index (χ4v) is 3.53. The van der Waals surface area contributed by atoms with Crippen molar-refractivity contribution in [2.75, 3.05) is 33.3 Å². The molecule has 0 spiro atoms. The number of aliphatic imine (C=N–C) groups is 1. The molecule has 0 aromatic carbocycles. The number of nitrogens with zero attached hydrogens (tertiary/aromatic N) is 3. The molecule has 7 nitrogen and oxygen atoms in total. The summed E-state index contributed by atoms with van der Waals surface area (Å²) in [6.45, 7) is 6.38. The third kappa shape index (κ3) is 6.49. The van der Waals surface area contributed by atoms with Crippen LogP contribution in [0.15, 0.2) is 46.1 Å². The van der Waals surface area contributed by atoms with Gasteiger partial charge in [0.2, 0.25) is 5.88 Å². The van der Waals surface area contributed by atoms with E-state index in [1.165, 1.54) is 19.3 Å². The van der Waals surface area contributed by atoms with Crippen molar-refractivity contribution >= 4 is 5.96 Å². The number of ether oxygens (including phenoxy) is 1. The minimum absolute atomic E-state index is 0.209. The Bertz CT molecular complexity index is 724. The van der Waals surface area contributed by atoms with Crippen molar-refractivity contribution in [3.63, 3.8) is 0 Å². The molecular formula is C22H33N5O2. The van der Waals surface area contributed by atoms with E-state index in [1.54, 1.807) is 13.3 Å². The molecule has 1 saturated heterocycles. The Balaban J connectivity index is 1.52. The quantitative estimate of drug-likeness (QED) is 0.498. The second-order valence-electron chi connectivity index (χ2n) is 7.29. The molecule has 3 rings (SSSR count). The van der Waals surface area contributed by atoms with E-state index >= 15 is 0 Å². The molecule has 0 saturated carbocycles. The minimum Gasteiger partial charge on any atom is -0.478 e. The molecule has 2 aromatic heterocycles. The van der Waals surface area contributed by atoms with Crippen molar-refractivity contribution in [3.8, 4) is 5.88 Å². The van der Waals surface area contributed by atoms with E-state index in [0.717, 1.165) is 43.3 Å². The highest BCUT2D eigenvalue weighted by Gasteiger charge is 2.24. The van der Waals surface area contributed by atoms with Crippen molar-refractivity contribution in [3.05, 3.63) is 48.0 Å². The summed E-state index contributed by atoms with van der Waals surface area (Å²) in [5, 5.41) is 6.82. The summed E-state index contributed by atoms with van der Waals surface area (Å²) in [4.78, 5) is 11.2. The second-order valence-corrected chi connectivity index (χ2v) is 7.29. The van der Waals surface area contributed by atoms with Crippen LogP contribution < -0.4 is 15.4 Å². The number of hydrogen-bond acceptors (Lipinski definition) is 5. The summed E-state index contributed by atoms with van der Waals surface area (Å²) in [5.74, 6) is 2.44. The van der Waals surface area contributed by atoms with Crippen molar-refractivity contribution < 1.29 is 9.15 Å². The number of piperidine rings is 1. The topological polar surface area (TPSA) is 74.9 Å². The van der Waals surface area contributed by atoms with Gasteiger partial charge in [0, 0.05) is 32.4 Å². The van der Waals surface area contributed by atoms with Crippen molar-refractivity contribution in [1.29, 1.82) is 0 Å². The largest absolute Gasteiger partial charge is 0.478 e. The van der Waals surface area contributed by atoms with Gasteiger partial charge in [-0.25, -0.2) is 4.98 Å². The highest BCUT2D eigenvalue weighted by atomic mass is 16.5. The lowest BCUT2D eigenvalue weighted by atomic mass is 10.1. The number of likely N-dealkylation sites (tertiary alicyclic amines) is 1. The third-order valence-electron chi connectivity index (χ3n) is 5.10. The number of guanidine groups is 1. The Morgan fingerprint density at radius 2 is 2.10 bits per heavy atom. The highest BCUT2D eigenvalue weighted by Crippen LogP contribution is 2.24. The van der Waals surface area contributed by atoms with Gasteiger partial charge in [-0.05, 0) is 50.0 Å². The first kappa shape index (κ1) is 21.2. The van der Waals surface area contributed by atoms with E-state index in [4.69, 9.17) is 9.15 Å². The Kier molecular flexibility index (Phi) is 8.37. The molecule has 0 aliphatic carbocycles. The van der Waals surface area contributed by atoms with Crippen LogP contribution in [-0.4, -0.2) is 49.1 Å². The minimum atomic E-state index is 0.209. The first-order chi connectivity index (χ1) is 14.3. The van der Waals surface area contributed by atoms with E-state index in [-0.39, 0.29) is 6.04 Å². The van der Waals surface area contributed by atoms with Gasteiger partial charge in [-0.2, -0.15) is 0 Å². The maximum absolute atomic E-state index is 5.72. The normalized spacial score (nSPS) is 16.4. The number of hydrogen-bond donors (Lipinski definition) is 2. The highest BCUT2D eigenvalue weighted by molar-refractivity contribution is 5.79. The molecule has 158 valence electrons. The summed E-state index contributed by atoms with van der Waals surface area (Å²) < 4.78 is 11.3. The molecule has 0 radical (unpaired) electrons. The number of rotatable bonds is 9. The summed E-state index contributed by atoms with van der Waals surface area (Å²) in [7, 11) is 1.79. The average molecular weight is 400 g/mol. The van der Waals surface area contributed by atoms with Gasteiger partial charge in [-0.15, -0.1) is 0 Å². The summed E-state index contributed by atoms with van der Waals surface area (Å²) in [6.07, 6.45) is 8.37. The molecule has 3 heterocycles. The maximum Gasteiger partial charge on any atom is 0.213 e. The molecular weight excluding hydrogens is 366 g/mol. The number of furan rings is 1. The first-order valence-electron chi connectivity index (χ1n) is 10.6. The number of aromatic nitrogens is 1. The lowest BCUT2D eigenvalue weighted by Gasteiger charge is -2.33. The fraction of sp³-hybridized carbons (Fsp3) is 0.545. The monoisotopic (exact) mass is 399 g/mol. The molecule has 0 amide bonds. The van der Waals surface area contributed by atoms with Gasteiger partial charge in [0.1, 0.15) is 5.76 Å². The predicted molar refractivity (Wildman–Crippen MR) is 115 cm³/mol. The molecule has 1 atom stereocenters. The van der Waals surface area contributed by atoms with Crippen LogP contribution in [0.1, 0.15) is 50.0 Å². The maximum atomic E-state index is 5.72. The van der Waals surface area contributed by atoms with Crippen LogP contribution in [0.2, 0.25) is 0 Å². The van der Waals surface area contributed by atoms with Crippen LogP contribution in [0.5, 0.6) is 5.88 Å². The molecule has 29 heavy (non-hydrogen) atoms. The zero-order valence-corrected chi connectivity index (χ0v) is 17.6. The van der Waals surface area contributed by atoms with Gasteiger partial charge in [-0.3, -0.25) is 9.89 Å². The molecule has 1 fully saturated rings. The van der Waals surface area contributed by atoms with E-state index in [0.29, 0.717) is 19.0 Å². The van der Waals surface area contributed by atoms with Gasteiger partial charge in [0.05, 0.1) is 18.9 Å². The van der Waals surface area contributed by atoms with Gasteiger partial charge in [0.25, 0.3) is 0 Å². The Labute approximate surface area is 173 Å². The van der Waals surface area contributed by atoms with Crippen LogP contribution >= 0.6 is 0 Å². The average Bonchev–Trinajstić information content (AvgIpc) is 3.30.